The van der Waals surface area contributed by atoms with Crippen LogP contribution in [0.25, 0.3) is 0 Å². The van der Waals surface area contributed by atoms with Crippen LogP contribution in [0.2, 0.25) is 0 Å². The normalized spacial score (nSPS) is 14.2. The van der Waals surface area contributed by atoms with Gasteiger partial charge in [-0.3, -0.25) is 9.59 Å². The van der Waals surface area contributed by atoms with Crippen molar-refractivity contribution in [2.75, 3.05) is 40.4 Å². The molecule has 1 fully saturated rings. The van der Waals surface area contributed by atoms with E-state index in [4.69, 9.17) is 9.47 Å². The molecule has 1 aromatic carbocycles. The third-order valence-corrected chi connectivity index (χ3v) is 6.18. The van der Waals surface area contributed by atoms with E-state index in [-0.39, 0.29) is 11.8 Å². The minimum absolute atomic E-state index is 0.101. The second-order valence-electron chi connectivity index (χ2n) is 7.03. The van der Waals surface area contributed by atoms with Crippen molar-refractivity contribution >= 4 is 29.1 Å². The number of benzene rings is 1. The van der Waals surface area contributed by atoms with E-state index in [2.05, 4.69) is 0 Å². The molecule has 1 aliphatic heterocycles. The Bertz CT molecular complexity index is 893. The summed E-state index contributed by atoms with van der Waals surface area (Å²) in [4.78, 5) is 41.6. The molecule has 1 aromatic heterocycles. The molecule has 0 bridgehead atoms. The van der Waals surface area contributed by atoms with Crippen LogP contribution in [0.5, 0.6) is 5.75 Å². The molecule has 8 heteroatoms. The molecule has 0 saturated carbocycles. The third kappa shape index (κ3) is 5.38. The van der Waals surface area contributed by atoms with E-state index < -0.39 is 5.97 Å². The molecule has 1 saturated heterocycles. The van der Waals surface area contributed by atoms with Crippen molar-refractivity contribution in [2.24, 2.45) is 0 Å². The summed E-state index contributed by atoms with van der Waals surface area (Å²) in [6.07, 6.45) is 1.84. The monoisotopic (exact) mass is 430 g/mol. The maximum atomic E-state index is 12.8. The Kier molecular flexibility index (Phi) is 7.46. The van der Waals surface area contributed by atoms with Gasteiger partial charge in [-0.15, -0.1) is 11.3 Å². The van der Waals surface area contributed by atoms with Gasteiger partial charge < -0.3 is 19.3 Å². The van der Waals surface area contributed by atoms with E-state index >= 15 is 0 Å². The zero-order valence-corrected chi connectivity index (χ0v) is 18.1. The van der Waals surface area contributed by atoms with Crippen LogP contribution in [0.1, 0.15) is 37.7 Å². The largest absolute Gasteiger partial charge is 0.497 e. The molecule has 2 amide bonds. The average Bonchev–Trinajstić information content (AvgIpc) is 3.14. The average molecular weight is 431 g/mol. The van der Waals surface area contributed by atoms with Crippen LogP contribution in [0.4, 0.5) is 0 Å². The topological polar surface area (TPSA) is 76.2 Å². The van der Waals surface area contributed by atoms with Crippen LogP contribution in [-0.2, 0) is 16.0 Å². The fraction of sp³-hybridized carbons (Fsp3) is 0.409. The van der Waals surface area contributed by atoms with E-state index in [1.807, 2.05) is 29.2 Å². The number of rotatable bonds is 6. The maximum Gasteiger partial charge on any atom is 0.348 e. The second-order valence-corrected chi connectivity index (χ2v) is 8.11. The fourth-order valence-electron chi connectivity index (χ4n) is 3.39. The van der Waals surface area contributed by atoms with Crippen LogP contribution in [-0.4, -0.2) is 68.0 Å². The minimum Gasteiger partial charge on any atom is -0.497 e. The van der Waals surface area contributed by atoms with Crippen molar-refractivity contribution in [2.45, 2.75) is 19.3 Å². The maximum absolute atomic E-state index is 12.8. The molecule has 0 aliphatic carbocycles. The molecule has 1 aliphatic rings. The zero-order valence-electron chi connectivity index (χ0n) is 17.3. The number of thiophene rings is 1. The summed E-state index contributed by atoms with van der Waals surface area (Å²) in [5.41, 5.74) is 1.09. The Labute approximate surface area is 180 Å². The van der Waals surface area contributed by atoms with Crippen molar-refractivity contribution in [1.82, 2.24) is 9.80 Å². The third-order valence-electron chi connectivity index (χ3n) is 5.13. The van der Waals surface area contributed by atoms with Gasteiger partial charge in [0.05, 0.1) is 19.1 Å². The molecule has 2 heterocycles. The van der Waals surface area contributed by atoms with Crippen LogP contribution in [0.3, 0.4) is 0 Å². The van der Waals surface area contributed by atoms with E-state index in [0.29, 0.717) is 48.8 Å². The van der Waals surface area contributed by atoms with Gasteiger partial charge in [0, 0.05) is 32.6 Å². The molecule has 0 radical (unpaired) electrons. The summed E-state index contributed by atoms with van der Waals surface area (Å²) in [7, 11) is 2.95. The zero-order chi connectivity index (χ0) is 21.5. The number of amides is 2. The molecule has 3 rings (SSSR count). The predicted octanol–water partition coefficient (Wildman–Crippen LogP) is 2.85. The number of hydrogen-bond donors (Lipinski definition) is 0. The van der Waals surface area contributed by atoms with Gasteiger partial charge in [0.1, 0.15) is 10.6 Å². The first-order valence-electron chi connectivity index (χ1n) is 9.90. The molecule has 30 heavy (non-hydrogen) atoms. The lowest BCUT2D eigenvalue weighted by molar-refractivity contribution is -0.131. The predicted molar refractivity (Wildman–Crippen MR) is 114 cm³/mol. The number of methoxy groups -OCH3 is 2. The summed E-state index contributed by atoms with van der Waals surface area (Å²) in [6, 6.07) is 11.0. The van der Waals surface area contributed by atoms with Crippen molar-refractivity contribution < 1.29 is 23.9 Å². The number of nitrogens with zero attached hydrogens (tertiary/aromatic N) is 2. The Hall–Kier alpha value is -2.87. The molecule has 0 N–H and O–H groups in total. The number of carbonyl (C=O) groups is 3. The number of carbonyl (C=O) groups excluding carboxylic acids is 3. The van der Waals surface area contributed by atoms with Gasteiger partial charge in [0.25, 0.3) is 5.91 Å². The Morgan fingerprint density at radius 3 is 2.27 bits per heavy atom. The lowest BCUT2D eigenvalue weighted by Crippen LogP contribution is -2.37. The highest BCUT2D eigenvalue weighted by Crippen LogP contribution is 2.20. The Morgan fingerprint density at radius 2 is 1.57 bits per heavy atom. The van der Waals surface area contributed by atoms with Gasteiger partial charge in [-0.2, -0.15) is 0 Å². The van der Waals surface area contributed by atoms with E-state index in [1.54, 1.807) is 24.1 Å². The standard InChI is InChI=1S/C22H26N2O5S/c1-28-17-7-4-16(5-8-17)6-11-20(25)23-12-3-13-24(15-14-23)21(26)18-9-10-19(30-18)22(27)29-2/h4-5,7-10H,3,6,11-15H2,1-2H3. The Morgan fingerprint density at radius 1 is 0.900 bits per heavy atom. The minimum atomic E-state index is -0.441. The lowest BCUT2D eigenvalue weighted by atomic mass is 10.1. The van der Waals surface area contributed by atoms with E-state index in [9.17, 15) is 14.4 Å². The molecular formula is C22H26N2O5S. The second kappa shape index (κ2) is 10.2. The van der Waals surface area contributed by atoms with Crippen LogP contribution < -0.4 is 4.74 Å². The molecule has 0 atom stereocenters. The molecule has 0 unspecified atom stereocenters. The van der Waals surface area contributed by atoms with Gasteiger partial charge in [-0.1, -0.05) is 12.1 Å². The first-order valence-corrected chi connectivity index (χ1v) is 10.7. The van der Waals surface area contributed by atoms with Crippen LogP contribution in [0.15, 0.2) is 36.4 Å². The van der Waals surface area contributed by atoms with E-state index in [0.717, 1.165) is 29.1 Å². The summed E-state index contributed by atoms with van der Waals surface area (Å²) in [5.74, 6) is 0.349. The smallest absolute Gasteiger partial charge is 0.348 e. The Balaban J connectivity index is 1.52. The lowest BCUT2D eigenvalue weighted by Gasteiger charge is -2.22. The number of esters is 1. The summed E-state index contributed by atoms with van der Waals surface area (Å²) in [5, 5.41) is 0. The van der Waals surface area contributed by atoms with Gasteiger partial charge in [0.2, 0.25) is 5.91 Å². The van der Waals surface area contributed by atoms with E-state index in [1.165, 1.54) is 7.11 Å². The molecule has 2 aromatic rings. The van der Waals surface area contributed by atoms with Crippen molar-refractivity contribution in [3.63, 3.8) is 0 Å². The fourth-order valence-corrected chi connectivity index (χ4v) is 4.28. The van der Waals surface area contributed by atoms with Gasteiger partial charge >= 0.3 is 5.97 Å². The number of aryl methyl sites for hydroxylation is 1. The first-order chi connectivity index (χ1) is 14.5. The number of ether oxygens (including phenoxy) is 2. The number of hydrogen-bond acceptors (Lipinski definition) is 6. The quantitative estimate of drug-likeness (QED) is 0.659. The molecule has 160 valence electrons. The molecule has 7 nitrogen and oxygen atoms in total. The summed E-state index contributed by atoms with van der Waals surface area (Å²) >= 11 is 1.13. The molecule has 0 spiro atoms. The highest BCUT2D eigenvalue weighted by atomic mass is 32.1. The van der Waals surface area contributed by atoms with Gasteiger partial charge in [-0.05, 0) is 42.7 Å². The SMILES string of the molecule is COC(=O)c1ccc(C(=O)N2CCCN(C(=O)CCc3ccc(OC)cc3)CC2)s1. The van der Waals surface area contributed by atoms with Gasteiger partial charge in [-0.25, -0.2) is 4.79 Å². The summed E-state index contributed by atoms with van der Waals surface area (Å²) in [6.45, 7) is 2.23. The van der Waals surface area contributed by atoms with Crippen molar-refractivity contribution in [1.29, 1.82) is 0 Å². The highest BCUT2D eigenvalue weighted by molar-refractivity contribution is 7.15. The van der Waals surface area contributed by atoms with Crippen LogP contribution in [0, 0.1) is 0 Å². The van der Waals surface area contributed by atoms with Gasteiger partial charge in [0.15, 0.2) is 0 Å². The summed E-state index contributed by atoms with van der Waals surface area (Å²) < 4.78 is 9.85. The molecular weight excluding hydrogens is 404 g/mol. The van der Waals surface area contributed by atoms with Crippen LogP contribution >= 0.6 is 11.3 Å². The van der Waals surface area contributed by atoms with Crippen molar-refractivity contribution in [3.8, 4) is 5.75 Å². The first kappa shape index (κ1) is 21.8. The van der Waals surface area contributed by atoms with Crippen molar-refractivity contribution in [3.05, 3.63) is 51.7 Å². The highest BCUT2D eigenvalue weighted by Gasteiger charge is 2.24.